The van der Waals surface area contributed by atoms with Crippen LogP contribution in [0.25, 0.3) is 10.1 Å². The molecule has 4 heteroatoms. The molecule has 2 aromatic rings. The molecular formula is C10H9ClOS2. The third-order valence-electron chi connectivity index (χ3n) is 2.13. The van der Waals surface area contributed by atoms with Gasteiger partial charge in [0.15, 0.2) is 0 Å². The number of ether oxygens (including phenoxy) is 1. The number of thiophene rings is 1. The minimum atomic E-state index is 0.480. The molecule has 0 unspecified atom stereocenters. The molecule has 1 nitrogen and oxygen atoms in total. The Morgan fingerprint density at radius 3 is 2.93 bits per heavy atom. The summed E-state index contributed by atoms with van der Waals surface area (Å²) in [5.41, 5.74) is 1.04. The van der Waals surface area contributed by atoms with Crippen molar-refractivity contribution in [2.45, 2.75) is 10.8 Å². The summed E-state index contributed by atoms with van der Waals surface area (Å²) in [5, 5.41) is 3.06. The molecule has 0 aliphatic heterocycles. The first-order valence-electron chi connectivity index (χ1n) is 4.10. The first kappa shape index (κ1) is 10.1. The summed E-state index contributed by atoms with van der Waals surface area (Å²) in [6, 6.07) is 4.06. The second kappa shape index (κ2) is 4.01. The van der Waals surface area contributed by atoms with Gasteiger partial charge in [0, 0.05) is 26.2 Å². The van der Waals surface area contributed by atoms with Crippen LogP contribution in [0.4, 0.5) is 0 Å². The van der Waals surface area contributed by atoms with Crippen molar-refractivity contribution < 1.29 is 4.74 Å². The number of benzene rings is 1. The Bertz CT molecular complexity index is 464. The minimum Gasteiger partial charge on any atom is -0.495 e. The molecule has 0 atom stereocenters. The molecule has 0 aliphatic rings. The van der Waals surface area contributed by atoms with Crippen molar-refractivity contribution in [2.75, 3.05) is 7.11 Å². The van der Waals surface area contributed by atoms with Gasteiger partial charge in [-0.05, 0) is 11.6 Å². The zero-order valence-electron chi connectivity index (χ0n) is 7.58. The Kier molecular flexibility index (Phi) is 2.91. The summed E-state index contributed by atoms with van der Waals surface area (Å²) in [6.45, 7) is 0. The Labute approximate surface area is 97.1 Å². The van der Waals surface area contributed by atoms with Gasteiger partial charge in [-0.3, -0.25) is 0 Å². The van der Waals surface area contributed by atoms with E-state index in [4.69, 9.17) is 16.3 Å². The highest BCUT2D eigenvalue weighted by atomic mass is 35.5. The van der Waals surface area contributed by atoms with Gasteiger partial charge < -0.3 is 4.74 Å². The van der Waals surface area contributed by atoms with Gasteiger partial charge in [0.05, 0.1) is 7.11 Å². The van der Waals surface area contributed by atoms with Crippen LogP contribution in [0, 0.1) is 0 Å². The van der Waals surface area contributed by atoms with Crippen LogP contribution in [-0.2, 0) is 5.88 Å². The van der Waals surface area contributed by atoms with Crippen LogP contribution in [0.15, 0.2) is 22.4 Å². The molecule has 0 N–H and O–H groups in total. The lowest BCUT2D eigenvalue weighted by molar-refractivity contribution is 0.421. The van der Waals surface area contributed by atoms with E-state index in [0.717, 1.165) is 21.6 Å². The molecule has 0 saturated carbocycles. The zero-order valence-corrected chi connectivity index (χ0v) is 10.0. The zero-order chi connectivity index (χ0) is 10.1. The lowest BCUT2D eigenvalue weighted by atomic mass is 10.2. The Balaban J connectivity index is 2.77. The van der Waals surface area contributed by atoms with Crippen molar-refractivity contribution in [3.05, 3.63) is 23.1 Å². The Morgan fingerprint density at radius 2 is 2.29 bits per heavy atom. The summed E-state index contributed by atoms with van der Waals surface area (Å²) in [7, 11) is 1.67. The third-order valence-corrected chi connectivity index (χ3v) is 3.85. The number of hydrogen-bond acceptors (Lipinski definition) is 3. The van der Waals surface area contributed by atoms with Gasteiger partial charge in [-0.2, -0.15) is 0 Å². The number of rotatable bonds is 2. The fraction of sp³-hybridized carbons (Fsp3) is 0.200. The highest BCUT2D eigenvalue weighted by Gasteiger charge is 2.10. The van der Waals surface area contributed by atoms with Crippen LogP contribution < -0.4 is 4.74 Å². The van der Waals surface area contributed by atoms with Gasteiger partial charge in [0.1, 0.15) is 5.75 Å². The minimum absolute atomic E-state index is 0.480. The number of fused-ring (bicyclic) bond motifs is 1. The molecule has 0 spiro atoms. The molecule has 14 heavy (non-hydrogen) atoms. The maximum atomic E-state index is 5.81. The van der Waals surface area contributed by atoms with E-state index in [1.807, 2.05) is 11.4 Å². The SMILES string of the molecule is COc1csc2ccc(CCl)c(S)c12. The van der Waals surface area contributed by atoms with Crippen LogP contribution in [0.1, 0.15) is 5.56 Å². The van der Waals surface area contributed by atoms with Gasteiger partial charge in [0.25, 0.3) is 0 Å². The number of halogens is 1. The molecular weight excluding hydrogens is 236 g/mol. The van der Waals surface area contributed by atoms with Crippen LogP contribution in [0.3, 0.4) is 0 Å². The van der Waals surface area contributed by atoms with E-state index in [0.29, 0.717) is 5.88 Å². The van der Waals surface area contributed by atoms with Crippen molar-refractivity contribution in [3.63, 3.8) is 0 Å². The molecule has 0 fully saturated rings. The summed E-state index contributed by atoms with van der Waals surface area (Å²) < 4.78 is 6.45. The fourth-order valence-electron chi connectivity index (χ4n) is 1.39. The van der Waals surface area contributed by atoms with E-state index in [1.165, 1.54) is 4.70 Å². The molecule has 2 rings (SSSR count). The average molecular weight is 245 g/mol. The second-order valence-electron chi connectivity index (χ2n) is 2.88. The van der Waals surface area contributed by atoms with Crippen molar-refractivity contribution >= 4 is 45.7 Å². The van der Waals surface area contributed by atoms with Crippen molar-refractivity contribution in [1.29, 1.82) is 0 Å². The maximum absolute atomic E-state index is 5.81. The van der Waals surface area contributed by atoms with E-state index in [-0.39, 0.29) is 0 Å². The van der Waals surface area contributed by atoms with Crippen LogP contribution in [-0.4, -0.2) is 7.11 Å². The topological polar surface area (TPSA) is 9.23 Å². The molecule has 1 aromatic carbocycles. The molecule has 74 valence electrons. The molecule has 0 saturated heterocycles. The summed E-state index contributed by atoms with van der Waals surface area (Å²) in [5.74, 6) is 1.36. The Hall–Kier alpha value is -0.380. The molecule has 0 amide bonds. The molecule has 0 bridgehead atoms. The van der Waals surface area contributed by atoms with Gasteiger partial charge in [-0.25, -0.2) is 0 Å². The lowest BCUT2D eigenvalue weighted by Crippen LogP contribution is -1.84. The molecule has 0 aliphatic carbocycles. The van der Waals surface area contributed by atoms with Gasteiger partial charge in [0.2, 0.25) is 0 Å². The monoisotopic (exact) mass is 244 g/mol. The van der Waals surface area contributed by atoms with Crippen LogP contribution >= 0.6 is 35.6 Å². The van der Waals surface area contributed by atoms with E-state index in [9.17, 15) is 0 Å². The van der Waals surface area contributed by atoms with Gasteiger partial charge in [-0.1, -0.05) is 6.07 Å². The van der Waals surface area contributed by atoms with Gasteiger partial charge >= 0.3 is 0 Å². The quantitative estimate of drug-likeness (QED) is 0.622. The van der Waals surface area contributed by atoms with E-state index >= 15 is 0 Å². The highest BCUT2D eigenvalue weighted by molar-refractivity contribution is 7.80. The fourth-order valence-corrected chi connectivity index (χ4v) is 3.08. The van der Waals surface area contributed by atoms with E-state index in [2.05, 4.69) is 18.7 Å². The van der Waals surface area contributed by atoms with E-state index in [1.54, 1.807) is 18.4 Å². The average Bonchev–Trinajstić information content (AvgIpc) is 2.62. The van der Waals surface area contributed by atoms with Crippen molar-refractivity contribution in [1.82, 2.24) is 0 Å². The van der Waals surface area contributed by atoms with E-state index < -0.39 is 0 Å². The third kappa shape index (κ3) is 1.49. The first-order chi connectivity index (χ1) is 6.77. The van der Waals surface area contributed by atoms with Crippen LogP contribution in [0.5, 0.6) is 5.75 Å². The van der Waals surface area contributed by atoms with Crippen LogP contribution in [0.2, 0.25) is 0 Å². The molecule has 1 aromatic heterocycles. The number of alkyl halides is 1. The number of thiol groups is 1. The summed E-state index contributed by atoms with van der Waals surface area (Å²) in [4.78, 5) is 0.926. The molecule has 1 heterocycles. The smallest absolute Gasteiger partial charge is 0.138 e. The van der Waals surface area contributed by atoms with Crippen molar-refractivity contribution in [2.24, 2.45) is 0 Å². The predicted molar refractivity (Wildman–Crippen MR) is 65.2 cm³/mol. The summed E-state index contributed by atoms with van der Waals surface area (Å²) in [6.07, 6.45) is 0. The highest BCUT2D eigenvalue weighted by Crippen LogP contribution is 2.38. The first-order valence-corrected chi connectivity index (χ1v) is 5.96. The number of methoxy groups -OCH3 is 1. The summed E-state index contributed by atoms with van der Waals surface area (Å²) >= 11 is 11.9. The van der Waals surface area contributed by atoms with Crippen molar-refractivity contribution in [3.8, 4) is 5.75 Å². The number of hydrogen-bond donors (Lipinski definition) is 1. The Morgan fingerprint density at radius 1 is 1.50 bits per heavy atom. The largest absolute Gasteiger partial charge is 0.495 e. The maximum Gasteiger partial charge on any atom is 0.138 e. The van der Waals surface area contributed by atoms with Gasteiger partial charge in [-0.15, -0.1) is 35.6 Å². The normalized spacial score (nSPS) is 10.8. The predicted octanol–water partition coefficient (Wildman–Crippen LogP) is 3.94. The second-order valence-corrected chi connectivity index (χ2v) is 4.51. The lowest BCUT2D eigenvalue weighted by Gasteiger charge is -2.04. The standard InChI is InChI=1S/C10H9ClOS2/c1-12-7-5-14-8-3-2-6(4-11)10(13)9(7)8/h2-3,5,13H,4H2,1H3. The molecule has 0 radical (unpaired) electrons.